The van der Waals surface area contributed by atoms with Crippen LogP contribution in [-0.2, 0) is 11.3 Å². The summed E-state index contributed by atoms with van der Waals surface area (Å²) in [4.78, 5) is 11.0. The number of hydrogen-bond acceptors (Lipinski definition) is 5. The van der Waals surface area contributed by atoms with Crippen molar-refractivity contribution in [3.8, 4) is 0 Å². The molecule has 0 amide bonds. The van der Waals surface area contributed by atoms with E-state index in [9.17, 15) is 0 Å². The van der Waals surface area contributed by atoms with Gasteiger partial charge in [0, 0.05) is 33.0 Å². The lowest BCUT2D eigenvalue weighted by atomic mass is 10.2. The maximum atomic E-state index is 5.12. The SMILES string of the molecule is CNc1cc(N(C)c2ccccc2C)nc(COC)n1. The van der Waals surface area contributed by atoms with Crippen LogP contribution in [0.2, 0.25) is 0 Å². The molecule has 0 atom stereocenters. The van der Waals surface area contributed by atoms with E-state index < -0.39 is 0 Å². The predicted molar refractivity (Wildman–Crippen MR) is 81.5 cm³/mol. The minimum absolute atomic E-state index is 0.393. The fourth-order valence-electron chi connectivity index (χ4n) is 2.04. The average molecular weight is 272 g/mol. The highest BCUT2D eigenvalue weighted by Crippen LogP contribution is 2.26. The summed E-state index contributed by atoms with van der Waals surface area (Å²) in [6.45, 7) is 2.48. The maximum absolute atomic E-state index is 5.12. The van der Waals surface area contributed by atoms with E-state index >= 15 is 0 Å². The maximum Gasteiger partial charge on any atom is 0.158 e. The number of aromatic nitrogens is 2. The minimum Gasteiger partial charge on any atom is -0.377 e. The van der Waals surface area contributed by atoms with Gasteiger partial charge in [0.15, 0.2) is 5.82 Å². The molecule has 20 heavy (non-hydrogen) atoms. The number of benzene rings is 1. The quantitative estimate of drug-likeness (QED) is 0.907. The molecule has 0 bridgehead atoms. The van der Waals surface area contributed by atoms with Crippen LogP contribution in [0.4, 0.5) is 17.3 Å². The van der Waals surface area contributed by atoms with E-state index in [-0.39, 0.29) is 0 Å². The second kappa shape index (κ2) is 6.34. The summed E-state index contributed by atoms with van der Waals surface area (Å²) < 4.78 is 5.12. The Bertz CT molecular complexity index is 586. The number of ether oxygens (including phenoxy) is 1. The van der Waals surface area contributed by atoms with E-state index in [0.717, 1.165) is 17.3 Å². The molecular weight excluding hydrogens is 252 g/mol. The molecule has 0 aliphatic heterocycles. The van der Waals surface area contributed by atoms with Crippen LogP contribution in [0.1, 0.15) is 11.4 Å². The summed E-state index contributed by atoms with van der Waals surface area (Å²) in [5.41, 5.74) is 2.32. The zero-order chi connectivity index (χ0) is 14.5. The smallest absolute Gasteiger partial charge is 0.158 e. The molecule has 0 aliphatic carbocycles. The van der Waals surface area contributed by atoms with Gasteiger partial charge in [0.05, 0.1) is 0 Å². The molecule has 0 spiro atoms. The molecule has 0 radical (unpaired) electrons. The van der Waals surface area contributed by atoms with Crippen molar-refractivity contribution in [2.24, 2.45) is 0 Å². The Balaban J connectivity index is 2.40. The van der Waals surface area contributed by atoms with E-state index in [1.807, 2.05) is 32.3 Å². The van der Waals surface area contributed by atoms with Crippen LogP contribution in [0.3, 0.4) is 0 Å². The molecule has 2 aromatic rings. The molecule has 0 aliphatic rings. The van der Waals surface area contributed by atoms with Gasteiger partial charge < -0.3 is 15.0 Å². The number of methoxy groups -OCH3 is 1. The molecular formula is C15H20N4O. The molecule has 0 fully saturated rings. The Morgan fingerprint density at radius 1 is 1.25 bits per heavy atom. The van der Waals surface area contributed by atoms with Crippen LogP contribution in [0.5, 0.6) is 0 Å². The molecule has 1 aromatic carbocycles. The fourth-order valence-corrected chi connectivity index (χ4v) is 2.04. The van der Waals surface area contributed by atoms with Crippen molar-refractivity contribution in [2.75, 3.05) is 31.4 Å². The van der Waals surface area contributed by atoms with Crippen molar-refractivity contribution in [2.45, 2.75) is 13.5 Å². The lowest BCUT2D eigenvalue weighted by Gasteiger charge is -2.21. The van der Waals surface area contributed by atoms with E-state index in [4.69, 9.17) is 4.74 Å². The Hall–Kier alpha value is -2.14. The second-order valence-corrected chi connectivity index (χ2v) is 4.56. The van der Waals surface area contributed by atoms with Crippen molar-refractivity contribution < 1.29 is 4.74 Å². The van der Waals surface area contributed by atoms with Crippen LogP contribution in [-0.4, -0.2) is 31.2 Å². The van der Waals surface area contributed by atoms with Crippen molar-refractivity contribution in [1.29, 1.82) is 0 Å². The fraction of sp³-hybridized carbons (Fsp3) is 0.333. The number of aryl methyl sites for hydroxylation is 1. The highest BCUT2D eigenvalue weighted by atomic mass is 16.5. The van der Waals surface area contributed by atoms with Crippen molar-refractivity contribution >= 4 is 17.3 Å². The molecule has 5 heteroatoms. The summed E-state index contributed by atoms with van der Waals surface area (Å²) in [5, 5.41) is 3.05. The van der Waals surface area contributed by atoms with Gasteiger partial charge in [-0.3, -0.25) is 0 Å². The van der Waals surface area contributed by atoms with Gasteiger partial charge in [0.25, 0.3) is 0 Å². The number of nitrogens with one attached hydrogen (secondary N) is 1. The molecule has 1 heterocycles. The van der Waals surface area contributed by atoms with Crippen molar-refractivity contribution in [3.63, 3.8) is 0 Å². The van der Waals surface area contributed by atoms with Crippen LogP contribution in [0, 0.1) is 6.92 Å². The van der Waals surface area contributed by atoms with Crippen LogP contribution in [0.15, 0.2) is 30.3 Å². The third-order valence-electron chi connectivity index (χ3n) is 3.11. The van der Waals surface area contributed by atoms with E-state index in [2.05, 4.69) is 39.2 Å². The highest BCUT2D eigenvalue weighted by Gasteiger charge is 2.11. The van der Waals surface area contributed by atoms with Gasteiger partial charge in [-0.15, -0.1) is 0 Å². The minimum atomic E-state index is 0.393. The zero-order valence-corrected chi connectivity index (χ0v) is 12.3. The number of anilines is 3. The predicted octanol–water partition coefficient (Wildman–Crippen LogP) is 2.74. The molecule has 0 saturated heterocycles. The van der Waals surface area contributed by atoms with E-state index in [1.165, 1.54) is 5.56 Å². The molecule has 0 unspecified atom stereocenters. The molecule has 2 rings (SSSR count). The highest BCUT2D eigenvalue weighted by molar-refractivity contribution is 5.64. The van der Waals surface area contributed by atoms with Crippen LogP contribution < -0.4 is 10.2 Å². The summed E-state index contributed by atoms with van der Waals surface area (Å²) in [7, 11) is 5.48. The number of para-hydroxylation sites is 1. The zero-order valence-electron chi connectivity index (χ0n) is 12.3. The number of rotatable bonds is 5. The second-order valence-electron chi connectivity index (χ2n) is 4.56. The summed E-state index contributed by atoms with van der Waals surface area (Å²) in [5.74, 6) is 2.28. The van der Waals surface area contributed by atoms with Gasteiger partial charge in [-0.05, 0) is 18.6 Å². The third-order valence-corrected chi connectivity index (χ3v) is 3.11. The van der Waals surface area contributed by atoms with Crippen LogP contribution in [0.25, 0.3) is 0 Å². The first-order valence-electron chi connectivity index (χ1n) is 6.49. The Kier molecular flexibility index (Phi) is 4.53. The van der Waals surface area contributed by atoms with E-state index in [0.29, 0.717) is 12.4 Å². The molecule has 106 valence electrons. The summed E-state index contributed by atoms with van der Waals surface area (Å²) in [6.07, 6.45) is 0. The normalized spacial score (nSPS) is 10.4. The lowest BCUT2D eigenvalue weighted by Crippen LogP contribution is -2.15. The van der Waals surface area contributed by atoms with Gasteiger partial charge in [-0.1, -0.05) is 18.2 Å². The van der Waals surface area contributed by atoms with Crippen LogP contribution >= 0.6 is 0 Å². The molecule has 5 nitrogen and oxygen atoms in total. The monoisotopic (exact) mass is 272 g/mol. The summed E-state index contributed by atoms with van der Waals surface area (Å²) in [6, 6.07) is 10.1. The van der Waals surface area contributed by atoms with Gasteiger partial charge in [-0.2, -0.15) is 0 Å². The Morgan fingerprint density at radius 3 is 2.65 bits per heavy atom. The molecule has 0 saturated carbocycles. The number of nitrogens with zero attached hydrogens (tertiary/aromatic N) is 3. The summed E-state index contributed by atoms with van der Waals surface area (Å²) >= 11 is 0. The molecule has 1 aromatic heterocycles. The van der Waals surface area contributed by atoms with Gasteiger partial charge in [-0.25, -0.2) is 9.97 Å². The largest absolute Gasteiger partial charge is 0.377 e. The first-order chi connectivity index (χ1) is 9.65. The number of hydrogen-bond donors (Lipinski definition) is 1. The average Bonchev–Trinajstić information content (AvgIpc) is 2.47. The van der Waals surface area contributed by atoms with Gasteiger partial charge >= 0.3 is 0 Å². The Labute approximate surface area is 119 Å². The van der Waals surface area contributed by atoms with Crippen molar-refractivity contribution in [3.05, 3.63) is 41.7 Å². The third kappa shape index (κ3) is 3.05. The standard InChI is InChI=1S/C15H20N4O/c1-11-7-5-6-8-12(11)19(3)15-9-13(16-2)17-14(18-15)10-20-4/h5-9H,10H2,1-4H3,(H,16,17,18). The van der Waals surface area contributed by atoms with Gasteiger partial charge in [0.2, 0.25) is 0 Å². The molecule has 1 N–H and O–H groups in total. The topological polar surface area (TPSA) is 50.3 Å². The Morgan fingerprint density at radius 2 is 2.00 bits per heavy atom. The van der Waals surface area contributed by atoms with Crippen molar-refractivity contribution in [1.82, 2.24) is 9.97 Å². The lowest BCUT2D eigenvalue weighted by molar-refractivity contribution is 0.178. The first-order valence-corrected chi connectivity index (χ1v) is 6.49. The first kappa shape index (κ1) is 14.3. The van der Waals surface area contributed by atoms with Gasteiger partial charge in [0.1, 0.15) is 18.2 Å². The van der Waals surface area contributed by atoms with E-state index in [1.54, 1.807) is 7.11 Å².